The lowest BCUT2D eigenvalue weighted by molar-refractivity contribution is 0.659. The first-order chi connectivity index (χ1) is 7.79. The normalized spacial score (nSPS) is 10.4. The molecule has 4 heteroatoms. The molecule has 2 aromatic rings. The predicted molar refractivity (Wildman–Crippen MR) is 64.2 cm³/mol. The summed E-state index contributed by atoms with van der Waals surface area (Å²) < 4.78 is 1.92. The van der Waals surface area contributed by atoms with Crippen molar-refractivity contribution in [3.63, 3.8) is 0 Å². The van der Waals surface area contributed by atoms with Crippen LogP contribution in [-0.2, 0) is 13.1 Å². The van der Waals surface area contributed by atoms with E-state index in [1.807, 2.05) is 23.1 Å². The van der Waals surface area contributed by atoms with Crippen molar-refractivity contribution in [2.45, 2.75) is 26.9 Å². The fourth-order valence-corrected chi connectivity index (χ4v) is 1.52. The van der Waals surface area contributed by atoms with Gasteiger partial charge >= 0.3 is 0 Å². The summed E-state index contributed by atoms with van der Waals surface area (Å²) in [5.41, 5.74) is 3.47. The molecule has 0 unspecified atom stereocenters. The lowest BCUT2D eigenvalue weighted by atomic mass is 10.2. The van der Waals surface area contributed by atoms with Crippen LogP contribution in [0.5, 0.6) is 0 Å². The molecule has 0 bridgehead atoms. The highest BCUT2D eigenvalue weighted by molar-refractivity contribution is 5.48. The highest BCUT2D eigenvalue weighted by Crippen LogP contribution is 2.12. The minimum absolute atomic E-state index is 0.784. The van der Waals surface area contributed by atoms with Gasteiger partial charge in [0.1, 0.15) is 0 Å². The molecule has 0 spiro atoms. The Kier molecular flexibility index (Phi) is 3.19. The number of aryl methyl sites for hydroxylation is 2. The fraction of sp³-hybridized carbons (Fsp3) is 0.333. The molecule has 0 aromatic carbocycles. The van der Waals surface area contributed by atoms with Gasteiger partial charge in [0.2, 0.25) is 0 Å². The van der Waals surface area contributed by atoms with Crippen molar-refractivity contribution in [3.05, 3.63) is 42.0 Å². The average molecular weight is 216 g/mol. The number of pyridine rings is 1. The largest absolute Gasteiger partial charge is 0.379 e. The van der Waals surface area contributed by atoms with Gasteiger partial charge in [0.15, 0.2) is 0 Å². The molecule has 0 atom stereocenters. The zero-order chi connectivity index (χ0) is 11.4. The van der Waals surface area contributed by atoms with E-state index < -0.39 is 0 Å². The molecule has 2 rings (SSSR count). The van der Waals surface area contributed by atoms with Crippen molar-refractivity contribution >= 4 is 5.69 Å². The second-order valence-electron chi connectivity index (χ2n) is 3.75. The molecular formula is C12H16N4. The number of aromatic nitrogens is 3. The Morgan fingerprint density at radius 3 is 2.94 bits per heavy atom. The Morgan fingerprint density at radius 2 is 2.25 bits per heavy atom. The maximum Gasteiger partial charge on any atom is 0.0559 e. The van der Waals surface area contributed by atoms with Gasteiger partial charge in [-0.3, -0.25) is 9.67 Å². The molecule has 0 fully saturated rings. The molecular weight excluding hydrogens is 200 g/mol. The number of anilines is 1. The SMILES string of the molecule is CCn1cc(CNc2cnccc2C)cn1. The van der Waals surface area contributed by atoms with Crippen LogP contribution in [-0.4, -0.2) is 14.8 Å². The third-order valence-electron chi connectivity index (χ3n) is 2.53. The van der Waals surface area contributed by atoms with Gasteiger partial charge in [0.25, 0.3) is 0 Å². The molecule has 0 aliphatic carbocycles. The summed E-state index contributed by atoms with van der Waals surface area (Å²) in [5, 5.41) is 7.58. The van der Waals surface area contributed by atoms with E-state index in [0.29, 0.717) is 0 Å². The van der Waals surface area contributed by atoms with Crippen molar-refractivity contribution in [2.24, 2.45) is 0 Å². The van der Waals surface area contributed by atoms with E-state index >= 15 is 0 Å². The number of rotatable bonds is 4. The van der Waals surface area contributed by atoms with Crippen LogP contribution in [0.15, 0.2) is 30.9 Å². The van der Waals surface area contributed by atoms with E-state index in [9.17, 15) is 0 Å². The molecule has 0 saturated carbocycles. The van der Waals surface area contributed by atoms with E-state index in [-0.39, 0.29) is 0 Å². The zero-order valence-electron chi connectivity index (χ0n) is 9.64. The van der Waals surface area contributed by atoms with Crippen LogP contribution in [0.1, 0.15) is 18.1 Å². The van der Waals surface area contributed by atoms with Crippen molar-refractivity contribution in [3.8, 4) is 0 Å². The first-order valence-corrected chi connectivity index (χ1v) is 5.45. The van der Waals surface area contributed by atoms with E-state index in [1.165, 1.54) is 11.1 Å². The molecule has 0 aliphatic heterocycles. The van der Waals surface area contributed by atoms with Crippen LogP contribution < -0.4 is 5.32 Å². The van der Waals surface area contributed by atoms with Crippen LogP contribution in [0, 0.1) is 6.92 Å². The van der Waals surface area contributed by atoms with Gasteiger partial charge in [-0.15, -0.1) is 0 Å². The Bertz CT molecular complexity index is 462. The van der Waals surface area contributed by atoms with Crippen molar-refractivity contribution < 1.29 is 0 Å². The number of nitrogens with one attached hydrogen (secondary N) is 1. The first-order valence-electron chi connectivity index (χ1n) is 5.45. The summed E-state index contributed by atoms with van der Waals surface area (Å²) in [5.74, 6) is 0. The number of nitrogens with zero attached hydrogens (tertiary/aromatic N) is 3. The number of hydrogen-bond acceptors (Lipinski definition) is 3. The molecule has 0 aliphatic rings. The zero-order valence-corrected chi connectivity index (χ0v) is 9.64. The monoisotopic (exact) mass is 216 g/mol. The van der Waals surface area contributed by atoms with Crippen LogP contribution in [0.4, 0.5) is 5.69 Å². The first kappa shape index (κ1) is 10.7. The van der Waals surface area contributed by atoms with Gasteiger partial charge in [-0.25, -0.2) is 0 Å². The third kappa shape index (κ3) is 2.39. The lowest BCUT2D eigenvalue weighted by Crippen LogP contribution is -2.00. The van der Waals surface area contributed by atoms with Gasteiger partial charge in [-0.2, -0.15) is 5.10 Å². The van der Waals surface area contributed by atoms with Crippen LogP contribution >= 0.6 is 0 Å². The molecule has 2 heterocycles. The Labute approximate surface area is 95.3 Å². The minimum atomic E-state index is 0.784. The summed E-state index contributed by atoms with van der Waals surface area (Å²) in [6.07, 6.45) is 7.59. The van der Waals surface area contributed by atoms with Gasteiger partial charge in [-0.1, -0.05) is 0 Å². The van der Waals surface area contributed by atoms with Crippen molar-refractivity contribution in [1.82, 2.24) is 14.8 Å². The van der Waals surface area contributed by atoms with Gasteiger partial charge in [0.05, 0.1) is 18.1 Å². The molecule has 16 heavy (non-hydrogen) atoms. The van der Waals surface area contributed by atoms with Crippen molar-refractivity contribution in [2.75, 3.05) is 5.32 Å². The second-order valence-corrected chi connectivity index (χ2v) is 3.75. The standard InChI is InChI=1S/C12H16N4/c1-3-16-9-11(7-15-16)6-14-12-8-13-5-4-10(12)2/h4-5,7-9,14H,3,6H2,1-2H3. The summed E-state index contributed by atoms with van der Waals surface area (Å²) in [6, 6.07) is 2.00. The maximum absolute atomic E-state index is 4.23. The third-order valence-corrected chi connectivity index (χ3v) is 2.53. The molecule has 0 amide bonds. The maximum atomic E-state index is 4.23. The summed E-state index contributed by atoms with van der Waals surface area (Å²) >= 11 is 0. The molecule has 0 saturated heterocycles. The fourth-order valence-electron chi connectivity index (χ4n) is 1.52. The van der Waals surface area contributed by atoms with Crippen LogP contribution in [0.2, 0.25) is 0 Å². The highest BCUT2D eigenvalue weighted by Gasteiger charge is 1.99. The quantitative estimate of drug-likeness (QED) is 0.852. The van der Waals surface area contributed by atoms with Crippen LogP contribution in [0.25, 0.3) is 0 Å². The van der Waals surface area contributed by atoms with E-state index in [2.05, 4.69) is 35.4 Å². The summed E-state index contributed by atoms with van der Waals surface area (Å²) in [7, 11) is 0. The van der Waals surface area contributed by atoms with Crippen molar-refractivity contribution in [1.29, 1.82) is 0 Å². The van der Waals surface area contributed by atoms with E-state index in [1.54, 1.807) is 6.20 Å². The molecule has 2 aromatic heterocycles. The summed E-state index contributed by atoms with van der Waals surface area (Å²) in [6.45, 7) is 5.84. The predicted octanol–water partition coefficient (Wildman–Crippen LogP) is 2.22. The highest BCUT2D eigenvalue weighted by atomic mass is 15.3. The summed E-state index contributed by atoms with van der Waals surface area (Å²) in [4.78, 5) is 4.10. The molecule has 84 valence electrons. The van der Waals surface area contributed by atoms with Gasteiger partial charge < -0.3 is 5.32 Å². The Hall–Kier alpha value is -1.84. The topological polar surface area (TPSA) is 42.7 Å². The molecule has 4 nitrogen and oxygen atoms in total. The van der Waals surface area contributed by atoms with Gasteiger partial charge in [0, 0.05) is 31.0 Å². The van der Waals surface area contributed by atoms with E-state index in [4.69, 9.17) is 0 Å². The molecule has 1 N–H and O–H groups in total. The average Bonchev–Trinajstić information content (AvgIpc) is 2.76. The second kappa shape index (κ2) is 4.79. The van der Waals surface area contributed by atoms with Crippen LogP contribution in [0.3, 0.4) is 0 Å². The smallest absolute Gasteiger partial charge is 0.0559 e. The lowest BCUT2D eigenvalue weighted by Gasteiger charge is -2.06. The van der Waals surface area contributed by atoms with E-state index in [0.717, 1.165) is 18.8 Å². The Morgan fingerprint density at radius 1 is 1.38 bits per heavy atom. The molecule has 0 radical (unpaired) electrons. The Balaban J connectivity index is 1.99. The number of hydrogen-bond donors (Lipinski definition) is 1. The minimum Gasteiger partial charge on any atom is -0.379 e. The van der Waals surface area contributed by atoms with Gasteiger partial charge in [-0.05, 0) is 25.5 Å².